The van der Waals surface area contributed by atoms with Crippen molar-refractivity contribution in [2.24, 2.45) is 0 Å². The molecule has 0 unspecified atom stereocenters. The van der Waals surface area contributed by atoms with Crippen LogP contribution >= 0.6 is 11.8 Å². The lowest BCUT2D eigenvalue weighted by atomic mass is 10.2. The molecule has 0 heterocycles. The summed E-state index contributed by atoms with van der Waals surface area (Å²) in [5.74, 6) is -0.350. The van der Waals surface area contributed by atoms with Gasteiger partial charge in [0.1, 0.15) is 0 Å². The zero-order valence-electron chi connectivity index (χ0n) is 18.8. The largest absolute Gasteiger partial charge is 0.322 e. The number of nitrogens with zero attached hydrogens (tertiary/aromatic N) is 1. The summed E-state index contributed by atoms with van der Waals surface area (Å²) in [6.07, 6.45) is 0. The van der Waals surface area contributed by atoms with E-state index in [9.17, 15) is 13.2 Å². The maximum atomic E-state index is 12.8. The van der Waals surface area contributed by atoms with E-state index in [1.807, 2.05) is 24.3 Å². The Morgan fingerprint density at radius 2 is 1.62 bits per heavy atom. The van der Waals surface area contributed by atoms with Gasteiger partial charge in [-0.15, -0.1) is 0 Å². The fourth-order valence-corrected chi connectivity index (χ4v) is 5.77. The zero-order chi connectivity index (χ0) is 23.3. The normalized spacial score (nSPS) is 11.5. The predicted molar refractivity (Wildman–Crippen MR) is 131 cm³/mol. The first-order valence-electron chi connectivity index (χ1n) is 10.5. The van der Waals surface area contributed by atoms with Crippen LogP contribution < -0.4 is 5.32 Å². The van der Waals surface area contributed by atoms with Crippen LogP contribution in [0.15, 0.2) is 81.4 Å². The summed E-state index contributed by atoms with van der Waals surface area (Å²) in [4.78, 5) is 15.1. The summed E-state index contributed by atoms with van der Waals surface area (Å²) in [6.45, 7) is 8.50. The lowest BCUT2D eigenvalue weighted by Gasteiger charge is -2.18. The summed E-state index contributed by atoms with van der Waals surface area (Å²) in [5.41, 5.74) is 3.38. The molecule has 0 aliphatic heterocycles. The molecule has 0 spiro atoms. The first-order valence-corrected chi connectivity index (χ1v) is 12.8. The van der Waals surface area contributed by atoms with E-state index in [2.05, 4.69) is 37.4 Å². The molecule has 32 heavy (non-hydrogen) atoms. The fourth-order valence-electron chi connectivity index (χ4n) is 3.26. The van der Waals surface area contributed by atoms with Gasteiger partial charge in [0.2, 0.25) is 10.0 Å². The molecule has 1 amide bonds. The average molecular weight is 469 g/mol. The lowest BCUT2D eigenvalue weighted by Crippen LogP contribution is -2.30. The molecule has 3 aromatic rings. The summed E-state index contributed by atoms with van der Waals surface area (Å²) in [5, 5.41) is 2.85. The van der Waals surface area contributed by atoms with E-state index < -0.39 is 10.0 Å². The van der Waals surface area contributed by atoms with Crippen LogP contribution in [0.1, 0.15) is 35.3 Å². The van der Waals surface area contributed by atoms with Gasteiger partial charge < -0.3 is 5.32 Å². The molecule has 0 radical (unpaired) electrons. The number of sulfonamides is 1. The molecule has 0 saturated heterocycles. The second kappa shape index (κ2) is 10.3. The third-order valence-electron chi connectivity index (χ3n) is 5.12. The molecule has 0 bridgehead atoms. The van der Waals surface area contributed by atoms with E-state index in [0.29, 0.717) is 24.3 Å². The van der Waals surface area contributed by atoms with Gasteiger partial charge >= 0.3 is 0 Å². The first-order chi connectivity index (χ1) is 15.2. The summed E-state index contributed by atoms with van der Waals surface area (Å²) in [6, 6.07) is 20.1. The number of aryl methyl sites for hydroxylation is 2. The van der Waals surface area contributed by atoms with Gasteiger partial charge in [0.05, 0.1) is 4.90 Å². The SMILES string of the molecule is CCN(CC)S(=O)(=O)c1cccc(C(=O)Nc2ccc(Sc3cc(C)ccc3C)cc2)c1. The van der Waals surface area contributed by atoms with Crippen molar-refractivity contribution >= 4 is 33.4 Å². The van der Waals surface area contributed by atoms with Gasteiger partial charge in [0, 0.05) is 34.1 Å². The molecule has 0 atom stereocenters. The Kier molecular flexibility index (Phi) is 7.77. The first kappa shape index (κ1) is 24.0. The molecular weight excluding hydrogens is 440 g/mol. The fraction of sp³-hybridized carbons (Fsp3) is 0.240. The summed E-state index contributed by atoms with van der Waals surface area (Å²) < 4.78 is 26.9. The second-order valence-corrected chi connectivity index (χ2v) is 10.5. The summed E-state index contributed by atoms with van der Waals surface area (Å²) >= 11 is 1.68. The monoisotopic (exact) mass is 468 g/mol. The van der Waals surface area contributed by atoms with Crippen molar-refractivity contribution in [2.45, 2.75) is 42.4 Å². The Morgan fingerprint density at radius 1 is 0.938 bits per heavy atom. The Labute approximate surface area is 194 Å². The van der Waals surface area contributed by atoms with Gasteiger partial charge in [-0.2, -0.15) is 4.31 Å². The molecule has 0 saturated carbocycles. The molecule has 0 aromatic heterocycles. The second-order valence-electron chi connectivity index (χ2n) is 7.47. The Bertz CT molecular complexity index is 1200. The van der Waals surface area contributed by atoms with Gasteiger partial charge in [-0.1, -0.05) is 43.8 Å². The quantitative estimate of drug-likeness (QED) is 0.458. The molecule has 0 aliphatic carbocycles. The highest BCUT2D eigenvalue weighted by Crippen LogP contribution is 2.31. The zero-order valence-corrected chi connectivity index (χ0v) is 20.4. The van der Waals surface area contributed by atoms with Crippen LogP contribution in [0.25, 0.3) is 0 Å². The van der Waals surface area contributed by atoms with E-state index in [4.69, 9.17) is 0 Å². The molecular formula is C25H28N2O3S2. The van der Waals surface area contributed by atoms with Crippen molar-refractivity contribution in [1.82, 2.24) is 4.31 Å². The van der Waals surface area contributed by atoms with E-state index in [-0.39, 0.29) is 10.8 Å². The number of nitrogens with one attached hydrogen (secondary N) is 1. The van der Waals surface area contributed by atoms with E-state index >= 15 is 0 Å². The minimum absolute atomic E-state index is 0.120. The third kappa shape index (κ3) is 5.59. The van der Waals surface area contributed by atoms with Gasteiger partial charge in [0.25, 0.3) is 5.91 Å². The summed E-state index contributed by atoms with van der Waals surface area (Å²) in [7, 11) is -3.62. The smallest absolute Gasteiger partial charge is 0.255 e. The number of anilines is 1. The standard InChI is InChI=1S/C25H28N2O3S2/c1-5-27(6-2)32(29,30)23-9-7-8-20(17-23)25(28)26-21-12-14-22(15-13-21)31-24-16-18(3)10-11-19(24)4/h7-17H,5-6H2,1-4H3,(H,26,28). The number of benzene rings is 3. The topological polar surface area (TPSA) is 66.5 Å². The highest BCUT2D eigenvalue weighted by molar-refractivity contribution is 7.99. The molecule has 3 aromatic carbocycles. The number of rotatable bonds is 8. The van der Waals surface area contributed by atoms with Crippen LogP contribution in [0.4, 0.5) is 5.69 Å². The number of amides is 1. The van der Waals surface area contributed by atoms with Gasteiger partial charge in [-0.25, -0.2) is 8.42 Å². The Balaban J connectivity index is 1.73. The van der Waals surface area contributed by atoms with Crippen molar-refractivity contribution in [2.75, 3.05) is 18.4 Å². The van der Waals surface area contributed by atoms with E-state index in [1.54, 1.807) is 37.7 Å². The molecule has 0 aliphatic rings. The molecule has 0 fully saturated rings. The van der Waals surface area contributed by atoms with Crippen molar-refractivity contribution in [3.8, 4) is 0 Å². The van der Waals surface area contributed by atoms with Gasteiger partial charge in [0.15, 0.2) is 0 Å². The van der Waals surface area contributed by atoms with Crippen molar-refractivity contribution in [1.29, 1.82) is 0 Å². The van der Waals surface area contributed by atoms with Crippen LogP contribution in [0.5, 0.6) is 0 Å². The molecule has 5 nitrogen and oxygen atoms in total. The minimum Gasteiger partial charge on any atom is -0.322 e. The molecule has 3 rings (SSSR count). The maximum absolute atomic E-state index is 12.8. The maximum Gasteiger partial charge on any atom is 0.255 e. The van der Waals surface area contributed by atoms with Crippen LogP contribution in [-0.4, -0.2) is 31.7 Å². The molecule has 168 valence electrons. The Morgan fingerprint density at radius 3 is 2.28 bits per heavy atom. The molecule has 1 N–H and O–H groups in total. The number of hydrogen-bond donors (Lipinski definition) is 1. The van der Waals surface area contributed by atoms with Crippen molar-refractivity contribution in [3.63, 3.8) is 0 Å². The van der Waals surface area contributed by atoms with Crippen LogP contribution in [0.2, 0.25) is 0 Å². The van der Waals surface area contributed by atoms with E-state index in [1.165, 1.54) is 32.5 Å². The average Bonchev–Trinajstić information content (AvgIpc) is 2.78. The number of carbonyl (C=O) groups is 1. The van der Waals surface area contributed by atoms with Crippen LogP contribution in [0.3, 0.4) is 0 Å². The van der Waals surface area contributed by atoms with Gasteiger partial charge in [-0.3, -0.25) is 4.79 Å². The Hall–Kier alpha value is -2.61. The molecule has 7 heteroatoms. The third-order valence-corrected chi connectivity index (χ3v) is 8.34. The lowest BCUT2D eigenvalue weighted by molar-refractivity contribution is 0.102. The van der Waals surface area contributed by atoms with E-state index in [0.717, 1.165) is 4.90 Å². The van der Waals surface area contributed by atoms with Crippen LogP contribution in [-0.2, 0) is 10.0 Å². The number of hydrogen-bond acceptors (Lipinski definition) is 4. The highest BCUT2D eigenvalue weighted by atomic mass is 32.2. The van der Waals surface area contributed by atoms with Crippen LogP contribution in [0, 0.1) is 13.8 Å². The number of carbonyl (C=O) groups excluding carboxylic acids is 1. The van der Waals surface area contributed by atoms with Gasteiger partial charge in [-0.05, 0) is 73.5 Å². The van der Waals surface area contributed by atoms with Crippen molar-refractivity contribution < 1.29 is 13.2 Å². The minimum atomic E-state index is -3.62. The van der Waals surface area contributed by atoms with Crippen molar-refractivity contribution in [3.05, 3.63) is 83.4 Å². The highest BCUT2D eigenvalue weighted by Gasteiger charge is 2.22. The predicted octanol–water partition coefficient (Wildman–Crippen LogP) is 5.74.